The molecular weight excluding hydrogens is 396 g/mol. The summed E-state index contributed by atoms with van der Waals surface area (Å²) in [4.78, 5) is 0. The van der Waals surface area contributed by atoms with Crippen LogP contribution in [0.5, 0.6) is 5.75 Å². The summed E-state index contributed by atoms with van der Waals surface area (Å²) in [5.41, 5.74) is 6.74. The molecule has 0 saturated carbocycles. The lowest BCUT2D eigenvalue weighted by Crippen LogP contribution is -2.23. The summed E-state index contributed by atoms with van der Waals surface area (Å²) in [5, 5.41) is 20.2. The molecule has 3 aromatic rings. The van der Waals surface area contributed by atoms with E-state index in [9.17, 15) is 10.2 Å². The van der Waals surface area contributed by atoms with Crippen molar-refractivity contribution in [3.05, 3.63) is 88.5 Å². The molecule has 0 saturated heterocycles. The van der Waals surface area contributed by atoms with Crippen molar-refractivity contribution in [1.29, 1.82) is 0 Å². The standard InChI is InChI=1S/C29H35O3/c1-6-29(31,7-2)24-13-15-26(27(16-24)20(3)4)28-17-25(14-8-21(28)5)32-19-23-11-9-22(18-30)10-12-23/h8-9,11-17,20,30-31H,6-7,18-19H2,1-5H3. The summed E-state index contributed by atoms with van der Waals surface area (Å²) in [5.74, 6) is 1.14. The maximum atomic E-state index is 11.0. The molecule has 0 amide bonds. The van der Waals surface area contributed by atoms with Gasteiger partial charge in [0.05, 0.1) is 12.2 Å². The van der Waals surface area contributed by atoms with Gasteiger partial charge < -0.3 is 14.9 Å². The van der Waals surface area contributed by atoms with Gasteiger partial charge in [-0.3, -0.25) is 0 Å². The van der Waals surface area contributed by atoms with Gasteiger partial charge in [-0.05, 0) is 88.9 Å². The van der Waals surface area contributed by atoms with Crippen molar-refractivity contribution in [3.63, 3.8) is 0 Å². The van der Waals surface area contributed by atoms with Crippen LogP contribution in [0, 0.1) is 13.0 Å². The third kappa shape index (κ3) is 5.23. The van der Waals surface area contributed by atoms with Crippen LogP contribution in [0.2, 0.25) is 0 Å². The zero-order chi connectivity index (χ0) is 23.3. The predicted octanol–water partition coefficient (Wildman–Crippen LogP) is 6.66. The fourth-order valence-electron chi connectivity index (χ4n) is 4.06. The van der Waals surface area contributed by atoms with Gasteiger partial charge in [0.2, 0.25) is 0 Å². The number of rotatable bonds is 9. The number of aliphatic hydroxyl groups excluding tert-OH is 1. The Bertz CT molecular complexity index is 1030. The van der Waals surface area contributed by atoms with Crippen LogP contribution in [-0.4, -0.2) is 10.2 Å². The number of benzene rings is 3. The molecule has 2 N–H and O–H groups in total. The van der Waals surface area contributed by atoms with Crippen molar-refractivity contribution >= 4 is 0 Å². The maximum absolute atomic E-state index is 11.0. The average Bonchev–Trinajstić information content (AvgIpc) is 2.83. The highest BCUT2D eigenvalue weighted by Gasteiger charge is 2.26. The number of hydrogen-bond donors (Lipinski definition) is 2. The van der Waals surface area contributed by atoms with Crippen molar-refractivity contribution < 1.29 is 14.9 Å². The molecule has 0 bridgehead atoms. The van der Waals surface area contributed by atoms with Crippen LogP contribution in [0.25, 0.3) is 11.1 Å². The monoisotopic (exact) mass is 431 g/mol. The van der Waals surface area contributed by atoms with E-state index in [1.165, 1.54) is 16.7 Å². The Balaban J connectivity index is 1.92. The summed E-state index contributed by atoms with van der Waals surface area (Å²) in [7, 11) is 0. The Labute approximate surface area is 192 Å². The highest BCUT2D eigenvalue weighted by atomic mass is 16.5. The molecule has 0 spiro atoms. The minimum absolute atomic E-state index is 0.00660. The molecule has 32 heavy (non-hydrogen) atoms. The van der Waals surface area contributed by atoms with Gasteiger partial charge in [-0.15, -0.1) is 0 Å². The smallest absolute Gasteiger partial charge is 0.120 e. The molecule has 3 aromatic carbocycles. The predicted molar refractivity (Wildman–Crippen MR) is 131 cm³/mol. The van der Waals surface area contributed by atoms with Gasteiger partial charge in [0.1, 0.15) is 12.4 Å². The molecule has 0 aliphatic heterocycles. The highest BCUT2D eigenvalue weighted by molar-refractivity contribution is 5.73. The van der Waals surface area contributed by atoms with Crippen molar-refractivity contribution in [2.75, 3.05) is 0 Å². The van der Waals surface area contributed by atoms with E-state index in [0.29, 0.717) is 25.4 Å². The number of ether oxygens (including phenoxy) is 1. The quantitative estimate of drug-likeness (QED) is 0.398. The Morgan fingerprint density at radius 3 is 2.31 bits per heavy atom. The zero-order valence-corrected chi connectivity index (χ0v) is 19.9. The Morgan fingerprint density at radius 2 is 1.72 bits per heavy atom. The molecule has 0 aliphatic rings. The summed E-state index contributed by atoms with van der Waals surface area (Å²) in [6, 6.07) is 21.3. The van der Waals surface area contributed by atoms with Crippen molar-refractivity contribution in [3.8, 4) is 16.9 Å². The second kappa shape index (κ2) is 10.3. The van der Waals surface area contributed by atoms with Gasteiger partial charge in [-0.25, -0.2) is 0 Å². The largest absolute Gasteiger partial charge is 0.489 e. The van der Waals surface area contributed by atoms with E-state index in [0.717, 1.165) is 28.0 Å². The van der Waals surface area contributed by atoms with Crippen LogP contribution < -0.4 is 4.74 Å². The first-order valence-corrected chi connectivity index (χ1v) is 11.5. The third-order valence-electron chi connectivity index (χ3n) is 6.40. The maximum Gasteiger partial charge on any atom is 0.120 e. The first kappa shape index (κ1) is 24.0. The Hall–Kier alpha value is -2.62. The van der Waals surface area contributed by atoms with Crippen LogP contribution in [0.15, 0.2) is 54.6 Å². The van der Waals surface area contributed by atoms with Gasteiger partial charge in [-0.2, -0.15) is 0 Å². The lowest BCUT2D eigenvalue weighted by atomic mass is 9.83. The molecule has 0 fully saturated rings. The van der Waals surface area contributed by atoms with E-state index in [1.807, 2.05) is 38.1 Å². The van der Waals surface area contributed by atoms with Crippen LogP contribution in [0.1, 0.15) is 74.3 Å². The average molecular weight is 432 g/mol. The molecular formula is C29H35O3. The van der Waals surface area contributed by atoms with E-state index >= 15 is 0 Å². The van der Waals surface area contributed by atoms with Crippen LogP contribution in [0.3, 0.4) is 0 Å². The van der Waals surface area contributed by atoms with Crippen LogP contribution >= 0.6 is 0 Å². The normalized spacial score (nSPS) is 11.8. The fourth-order valence-corrected chi connectivity index (χ4v) is 4.06. The van der Waals surface area contributed by atoms with E-state index < -0.39 is 5.60 Å². The molecule has 3 heteroatoms. The minimum atomic E-state index is -0.787. The number of aryl methyl sites for hydroxylation is 1. The van der Waals surface area contributed by atoms with Crippen LogP contribution in [-0.2, 0) is 18.8 Å². The van der Waals surface area contributed by atoms with Crippen molar-refractivity contribution in [2.24, 2.45) is 0 Å². The molecule has 3 nitrogen and oxygen atoms in total. The summed E-state index contributed by atoms with van der Waals surface area (Å²) in [6.07, 6.45) is 1.39. The molecule has 0 aromatic heterocycles. The van der Waals surface area contributed by atoms with Gasteiger partial charge in [0.15, 0.2) is 0 Å². The second-order valence-electron chi connectivity index (χ2n) is 8.84. The summed E-state index contributed by atoms with van der Waals surface area (Å²) in [6.45, 7) is 11.0. The Morgan fingerprint density at radius 1 is 0.969 bits per heavy atom. The first-order valence-electron chi connectivity index (χ1n) is 11.5. The molecule has 0 aliphatic carbocycles. The molecule has 0 unspecified atom stereocenters. The van der Waals surface area contributed by atoms with Gasteiger partial charge >= 0.3 is 0 Å². The van der Waals surface area contributed by atoms with E-state index in [1.54, 1.807) is 0 Å². The van der Waals surface area contributed by atoms with Crippen molar-refractivity contribution in [1.82, 2.24) is 0 Å². The number of hydrogen-bond acceptors (Lipinski definition) is 3. The van der Waals surface area contributed by atoms with E-state index in [2.05, 4.69) is 57.2 Å². The van der Waals surface area contributed by atoms with E-state index in [-0.39, 0.29) is 6.61 Å². The number of aliphatic hydroxyl groups is 2. The Kier molecular flexibility index (Phi) is 7.76. The molecule has 1 radical (unpaired) electrons. The van der Waals surface area contributed by atoms with E-state index in [4.69, 9.17) is 4.74 Å². The zero-order valence-electron chi connectivity index (χ0n) is 19.9. The molecule has 169 valence electrons. The lowest BCUT2D eigenvalue weighted by molar-refractivity contribution is 0.0283. The van der Waals surface area contributed by atoms with Crippen molar-refractivity contribution in [2.45, 2.75) is 72.2 Å². The first-order chi connectivity index (χ1) is 15.3. The molecule has 0 heterocycles. The fraction of sp³-hybridized carbons (Fsp3) is 0.379. The van der Waals surface area contributed by atoms with Gasteiger partial charge in [0, 0.05) is 0 Å². The minimum Gasteiger partial charge on any atom is -0.489 e. The molecule has 0 atom stereocenters. The summed E-state index contributed by atoms with van der Waals surface area (Å²) < 4.78 is 6.07. The lowest BCUT2D eigenvalue weighted by Gasteiger charge is -2.28. The topological polar surface area (TPSA) is 49.7 Å². The SMILES string of the molecule is CCC(O)(CC)c1ccc(-c2cc(OCc3c[c]c(CO)cc3)ccc2C)c(C(C)C)c1. The third-order valence-corrected chi connectivity index (χ3v) is 6.40. The molecule has 3 rings (SSSR count). The van der Waals surface area contributed by atoms with Crippen LogP contribution in [0.4, 0.5) is 0 Å². The summed E-state index contributed by atoms with van der Waals surface area (Å²) >= 11 is 0. The van der Waals surface area contributed by atoms with Gasteiger partial charge in [0.25, 0.3) is 0 Å². The highest BCUT2D eigenvalue weighted by Crippen LogP contribution is 2.38. The second-order valence-corrected chi connectivity index (χ2v) is 8.84. The van der Waals surface area contributed by atoms with Gasteiger partial charge in [-0.1, -0.05) is 64.1 Å².